The second kappa shape index (κ2) is 4.37. The molecule has 0 fully saturated rings. The van der Waals surface area contributed by atoms with Crippen molar-refractivity contribution in [1.82, 2.24) is 4.98 Å². The van der Waals surface area contributed by atoms with Crippen molar-refractivity contribution < 1.29 is 4.79 Å². The van der Waals surface area contributed by atoms with Gasteiger partial charge in [0, 0.05) is 5.56 Å². The molecule has 86 valence electrons. The maximum absolute atomic E-state index is 12.2. The van der Waals surface area contributed by atoms with Gasteiger partial charge in [0.2, 0.25) is 5.78 Å². The maximum Gasteiger partial charge on any atom is 0.211 e. The van der Waals surface area contributed by atoms with Crippen LogP contribution >= 0.6 is 0 Å². The van der Waals surface area contributed by atoms with Crippen molar-refractivity contribution in [3.8, 4) is 0 Å². The summed E-state index contributed by atoms with van der Waals surface area (Å²) >= 11 is 0. The van der Waals surface area contributed by atoms with Gasteiger partial charge in [-0.2, -0.15) is 0 Å². The van der Waals surface area contributed by atoms with Gasteiger partial charge >= 0.3 is 0 Å². The monoisotopic (exact) mass is 226 g/mol. The molecule has 0 amide bonds. The quantitative estimate of drug-likeness (QED) is 0.800. The molecule has 0 aliphatic carbocycles. The number of rotatable bonds is 2. The van der Waals surface area contributed by atoms with Crippen LogP contribution in [-0.2, 0) is 0 Å². The summed E-state index contributed by atoms with van der Waals surface area (Å²) in [7, 11) is 0. The lowest BCUT2D eigenvalue weighted by Gasteiger charge is -2.05. The number of carbonyl (C=O) groups is 1. The molecule has 0 unspecified atom stereocenters. The summed E-state index contributed by atoms with van der Waals surface area (Å²) in [5.41, 5.74) is 9.32. The number of carbonyl (C=O) groups excluding carboxylic acids is 1. The Morgan fingerprint density at radius 2 is 1.94 bits per heavy atom. The van der Waals surface area contributed by atoms with E-state index < -0.39 is 0 Å². The summed E-state index contributed by atoms with van der Waals surface area (Å²) in [6.45, 7) is 3.93. The van der Waals surface area contributed by atoms with Crippen molar-refractivity contribution in [2.24, 2.45) is 0 Å². The van der Waals surface area contributed by atoms with E-state index in [1.54, 1.807) is 12.1 Å². The first-order valence-electron chi connectivity index (χ1n) is 5.41. The van der Waals surface area contributed by atoms with E-state index in [1.807, 2.05) is 32.0 Å². The Morgan fingerprint density at radius 1 is 1.18 bits per heavy atom. The van der Waals surface area contributed by atoms with Crippen molar-refractivity contribution in [1.29, 1.82) is 0 Å². The van der Waals surface area contributed by atoms with Gasteiger partial charge in [0.15, 0.2) is 0 Å². The lowest BCUT2D eigenvalue weighted by Crippen LogP contribution is -2.06. The number of nitrogen functional groups attached to an aromatic ring is 1. The molecule has 0 aliphatic heterocycles. The Labute approximate surface area is 100 Å². The van der Waals surface area contributed by atoms with E-state index in [0.29, 0.717) is 16.9 Å². The first kappa shape index (κ1) is 11.3. The lowest BCUT2D eigenvalue weighted by atomic mass is 10.0. The highest BCUT2D eigenvalue weighted by molar-refractivity contribution is 6.08. The van der Waals surface area contributed by atoms with Gasteiger partial charge in [0.05, 0.1) is 11.9 Å². The summed E-state index contributed by atoms with van der Waals surface area (Å²) in [6.07, 6.45) is 1.50. The smallest absolute Gasteiger partial charge is 0.211 e. The fourth-order valence-corrected chi connectivity index (χ4v) is 1.75. The van der Waals surface area contributed by atoms with Crippen LogP contribution in [0.15, 0.2) is 36.5 Å². The van der Waals surface area contributed by atoms with Crippen LogP contribution in [0.25, 0.3) is 0 Å². The van der Waals surface area contributed by atoms with E-state index in [4.69, 9.17) is 5.73 Å². The largest absolute Gasteiger partial charge is 0.397 e. The first-order valence-corrected chi connectivity index (χ1v) is 5.41. The fourth-order valence-electron chi connectivity index (χ4n) is 1.75. The number of nitrogens with zero attached hydrogens (tertiary/aromatic N) is 1. The van der Waals surface area contributed by atoms with E-state index >= 15 is 0 Å². The third-order valence-electron chi connectivity index (χ3n) is 2.65. The predicted octanol–water partition coefficient (Wildman–Crippen LogP) is 2.51. The number of benzene rings is 1. The molecule has 0 atom stereocenters. The van der Waals surface area contributed by atoms with Gasteiger partial charge in [-0.25, -0.2) is 0 Å². The number of hydrogen-bond donors (Lipinski definition) is 1. The number of anilines is 1. The molecular weight excluding hydrogens is 212 g/mol. The molecule has 3 heteroatoms. The maximum atomic E-state index is 12.2. The summed E-state index contributed by atoms with van der Waals surface area (Å²) in [6, 6.07) is 9.09. The molecule has 1 aromatic carbocycles. The molecule has 0 aliphatic rings. The van der Waals surface area contributed by atoms with E-state index in [0.717, 1.165) is 11.1 Å². The average molecular weight is 226 g/mol. The van der Waals surface area contributed by atoms with Crippen LogP contribution in [0.3, 0.4) is 0 Å². The first-order chi connectivity index (χ1) is 8.08. The standard InChI is InChI=1S/C14H14N2O/c1-9-3-5-12(10(2)7-9)14(17)13-6-4-11(15)8-16-13/h3-8H,15H2,1-2H3. The van der Waals surface area contributed by atoms with Crippen LogP contribution in [-0.4, -0.2) is 10.8 Å². The predicted molar refractivity (Wildman–Crippen MR) is 68.0 cm³/mol. The van der Waals surface area contributed by atoms with Gasteiger partial charge in [-0.1, -0.05) is 23.8 Å². The van der Waals surface area contributed by atoms with Crippen LogP contribution in [0.5, 0.6) is 0 Å². The molecular formula is C14H14N2O. The Hall–Kier alpha value is -2.16. The minimum Gasteiger partial charge on any atom is -0.397 e. The zero-order chi connectivity index (χ0) is 12.4. The summed E-state index contributed by atoms with van der Waals surface area (Å²) in [4.78, 5) is 16.2. The summed E-state index contributed by atoms with van der Waals surface area (Å²) < 4.78 is 0. The van der Waals surface area contributed by atoms with Crippen molar-refractivity contribution in [2.45, 2.75) is 13.8 Å². The van der Waals surface area contributed by atoms with E-state index in [9.17, 15) is 4.79 Å². The molecule has 2 N–H and O–H groups in total. The molecule has 0 saturated carbocycles. The van der Waals surface area contributed by atoms with Crippen LogP contribution in [0.1, 0.15) is 27.2 Å². The van der Waals surface area contributed by atoms with Gasteiger partial charge < -0.3 is 5.73 Å². The second-order valence-electron chi connectivity index (χ2n) is 4.12. The molecule has 2 rings (SSSR count). The number of nitrogens with two attached hydrogens (primary N) is 1. The number of ketones is 1. The molecule has 0 saturated heterocycles. The molecule has 3 nitrogen and oxygen atoms in total. The molecule has 0 bridgehead atoms. The van der Waals surface area contributed by atoms with Crippen molar-refractivity contribution in [3.63, 3.8) is 0 Å². The Kier molecular flexibility index (Phi) is 2.91. The number of aryl methyl sites for hydroxylation is 2. The molecule has 17 heavy (non-hydrogen) atoms. The molecule has 1 heterocycles. The zero-order valence-electron chi connectivity index (χ0n) is 9.90. The number of hydrogen-bond acceptors (Lipinski definition) is 3. The summed E-state index contributed by atoms with van der Waals surface area (Å²) in [5, 5.41) is 0. The van der Waals surface area contributed by atoms with Gasteiger partial charge in [-0.15, -0.1) is 0 Å². The minimum absolute atomic E-state index is 0.0671. The molecule has 2 aromatic rings. The second-order valence-corrected chi connectivity index (χ2v) is 4.12. The van der Waals surface area contributed by atoms with Crippen LogP contribution in [0, 0.1) is 13.8 Å². The fraction of sp³-hybridized carbons (Fsp3) is 0.143. The Balaban J connectivity index is 2.40. The normalized spacial score (nSPS) is 10.2. The van der Waals surface area contributed by atoms with E-state index in [2.05, 4.69) is 4.98 Å². The Bertz CT molecular complexity index is 559. The van der Waals surface area contributed by atoms with Crippen molar-refractivity contribution in [3.05, 3.63) is 58.9 Å². The van der Waals surface area contributed by atoms with Gasteiger partial charge in [-0.05, 0) is 31.5 Å². The van der Waals surface area contributed by atoms with Crippen LogP contribution in [0.4, 0.5) is 5.69 Å². The van der Waals surface area contributed by atoms with Crippen LogP contribution < -0.4 is 5.73 Å². The van der Waals surface area contributed by atoms with Crippen LogP contribution in [0.2, 0.25) is 0 Å². The third kappa shape index (κ3) is 2.33. The molecule has 0 spiro atoms. The van der Waals surface area contributed by atoms with Crippen molar-refractivity contribution >= 4 is 11.5 Å². The third-order valence-corrected chi connectivity index (χ3v) is 2.65. The van der Waals surface area contributed by atoms with Gasteiger partial charge in [0.25, 0.3) is 0 Å². The molecule has 1 aromatic heterocycles. The number of pyridine rings is 1. The van der Waals surface area contributed by atoms with E-state index in [-0.39, 0.29) is 5.78 Å². The van der Waals surface area contributed by atoms with Gasteiger partial charge in [-0.3, -0.25) is 9.78 Å². The SMILES string of the molecule is Cc1ccc(C(=O)c2ccc(N)cn2)c(C)c1. The zero-order valence-corrected chi connectivity index (χ0v) is 9.90. The number of aromatic nitrogens is 1. The topological polar surface area (TPSA) is 56.0 Å². The highest BCUT2D eigenvalue weighted by Gasteiger charge is 2.12. The Morgan fingerprint density at radius 3 is 2.53 bits per heavy atom. The lowest BCUT2D eigenvalue weighted by molar-refractivity contribution is 0.103. The summed E-state index contributed by atoms with van der Waals surface area (Å²) in [5.74, 6) is -0.0671. The average Bonchev–Trinajstić information content (AvgIpc) is 2.29. The minimum atomic E-state index is -0.0671. The molecule has 0 radical (unpaired) electrons. The van der Waals surface area contributed by atoms with Crippen molar-refractivity contribution in [2.75, 3.05) is 5.73 Å². The highest BCUT2D eigenvalue weighted by Crippen LogP contribution is 2.15. The highest BCUT2D eigenvalue weighted by atomic mass is 16.1. The van der Waals surface area contributed by atoms with E-state index in [1.165, 1.54) is 6.20 Å². The van der Waals surface area contributed by atoms with Gasteiger partial charge in [0.1, 0.15) is 5.69 Å².